The molecular weight excluding hydrogens is 356 g/mol. The lowest BCUT2D eigenvalue weighted by atomic mass is 10.1. The molecule has 1 aliphatic rings. The van der Waals surface area contributed by atoms with Gasteiger partial charge in [-0.1, -0.05) is 11.6 Å². The van der Waals surface area contributed by atoms with Gasteiger partial charge in [-0.2, -0.15) is 0 Å². The van der Waals surface area contributed by atoms with Crippen molar-refractivity contribution in [1.82, 2.24) is 5.32 Å². The highest BCUT2D eigenvalue weighted by molar-refractivity contribution is 7.92. The van der Waals surface area contributed by atoms with Gasteiger partial charge in [0.05, 0.1) is 30.2 Å². The summed E-state index contributed by atoms with van der Waals surface area (Å²) in [6.45, 7) is 1.69. The first kappa shape index (κ1) is 18.7. The van der Waals surface area contributed by atoms with Gasteiger partial charge < -0.3 is 20.1 Å². The van der Waals surface area contributed by atoms with Gasteiger partial charge in [-0.15, -0.1) is 0 Å². The first-order valence-corrected chi connectivity index (χ1v) is 9.56. The number of benzene rings is 1. The van der Waals surface area contributed by atoms with Crippen molar-refractivity contribution in [3.05, 3.63) is 17.2 Å². The number of hydrogen-bond donors (Lipinski definition) is 2. The number of methoxy groups -OCH3 is 2. The maximum Gasteiger partial charge on any atom is 0.319 e. The summed E-state index contributed by atoms with van der Waals surface area (Å²) in [5.74, 6) is 0.709. The average Bonchev–Trinajstić information content (AvgIpc) is 2.50. The van der Waals surface area contributed by atoms with Gasteiger partial charge in [0.25, 0.3) is 0 Å². The second-order valence-corrected chi connectivity index (χ2v) is 8.58. The maximum absolute atomic E-state index is 12.1. The molecule has 2 amide bonds. The molecule has 0 saturated carbocycles. The summed E-state index contributed by atoms with van der Waals surface area (Å²) < 4.78 is 34.1. The summed E-state index contributed by atoms with van der Waals surface area (Å²) >= 11 is 6.09. The zero-order valence-corrected chi connectivity index (χ0v) is 15.3. The summed E-state index contributed by atoms with van der Waals surface area (Å²) in [6.07, 6.45) is 1.16. The number of ether oxygens (including phenoxy) is 2. The van der Waals surface area contributed by atoms with Gasteiger partial charge in [-0.25, -0.2) is 13.2 Å². The first-order valence-electron chi connectivity index (χ1n) is 7.47. The van der Waals surface area contributed by atoms with E-state index in [9.17, 15) is 13.2 Å². The highest BCUT2D eigenvalue weighted by Crippen LogP contribution is 2.37. The second kappa shape index (κ2) is 7.48. The van der Waals surface area contributed by atoms with Gasteiger partial charge in [-0.3, -0.25) is 0 Å². The van der Waals surface area contributed by atoms with Crippen LogP contribution in [0.4, 0.5) is 10.5 Å². The first-order chi connectivity index (χ1) is 11.3. The van der Waals surface area contributed by atoms with Crippen molar-refractivity contribution in [3.8, 4) is 11.5 Å². The fraction of sp³-hybridized carbons (Fsp3) is 0.533. The molecule has 0 bridgehead atoms. The molecule has 9 heteroatoms. The molecule has 2 atom stereocenters. The van der Waals surface area contributed by atoms with Gasteiger partial charge in [0.2, 0.25) is 0 Å². The third-order valence-electron chi connectivity index (χ3n) is 3.99. The van der Waals surface area contributed by atoms with Crippen LogP contribution >= 0.6 is 11.6 Å². The Labute approximate surface area is 146 Å². The number of sulfone groups is 1. The maximum atomic E-state index is 12.1. The Morgan fingerprint density at radius 1 is 1.25 bits per heavy atom. The van der Waals surface area contributed by atoms with E-state index in [0.717, 1.165) is 0 Å². The third-order valence-corrected chi connectivity index (χ3v) is 6.60. The molecule has 24 heavy (non-hydrogen) atoms. The molecule has 134 valence electrons. The SMILES string of the molecule is COc1cc(NC(=O)NC2CCC(C)S(=O)(=O)C2)cc(Cl)c1OC. The van der Waals surface area contributed by atoms with Crippen LogP contribution in [0.2, 0.25) is 5.02 Å². The van der Waals surface area contributed by atoms with Crippen molar-refractivity contribution < 1.29 is 22.7 Å². The van der Waals surface area contributed by atoms with E-state index in [4.69, 9.17) is 21.1 Å². The summed E-state index contributed by atoms with van der Waals surface area (Å²) in [5, 5.41) is 5.25. The van der Waals surface area contributed by atoms with Gasteiger partial charge in [0.15, 0.2) is 21.3 Å². The fourth-order valence-corrected chi connectivity index (χ4v) is 4.52. The van der Waals surface area contributed by atoms with Gasteiger partial charge in [0.1, 0.15) is 0 Å². The minimum atomic E-state index is -3.16. The monoisotopic (exact) mass is 376 g/mol. The van der Waals surface area contributed by atoms with Crippen molar-refractivity contribution in [3.63, 3.8) is 0 Å². The van der Waals surface area contributed by atoms with Crippen LogP contribution in [0.25, 0.3) is 0 Å². The number of anilines is 1. The van der Waals surface area contributed by atoms with E-state index in [0.29, 0.717) is 35.1 Å². The molecule has 1 saturated heterocycles. The summed E-state index contributed by atoms with van der Waals surface area (Å²) in [6, 6.07) is 2.21. The molecule has 1 heterocycles. The number of carbonyl (C=O) groups is 1. The van der Waals surface area contributed by atoms with Gasteiger partial charge >= 0.3 is 6.03 Å². The minimum absolute atomic E-state index is 0.0473. The smallest absolute Gasteiger partial charge is 0.319 e. The number of nitrogens with one attached hydrogen (secondary N) is 2. The van der Waals surface area contributed by atoms with Crippen molar-refractivity contribution in [2.75, 3.05) is 25.3 Å². The zero-order valence-electron chi connectivity index (χ0n) is 13.8. The highest BCUT2D eigenvalue weighted by atomic mass is 35.5. The van der Waals surface area contributed by atoms with Crippen molar-refractivity contribution in [2.45, 2.75) is 31.1 Å². The predicted octanol–water partition coefficient (Wildman–Crippen LogP) is 2.44. The van der Waals surface area contributed by atoms with Crippen LogP contribution in [0.3, 0.4) is 0 Å². The van der Waals surface area contributed by atoms with Crippen molar-refractivity contribution >= 4 is 33.2 Å². The van der Waals surface area contributed by atoms with E-state index < -0.39 is 21.9 Å². The lowest BCUT2D eigenvalue weighted by Crippen LogP contribution is -2.46. The summed E-state index contributed by atoms with van der Waals surface area (Å²) in [7, 11) is -0.225. The predicted molar refractivity (Wildman–Crippen MR) is 93.0 cm³/mol. The third kappa shape index (κ3) is 4.24. The van der Waals surface area contributed by atoms with Crippen molar-refractivity contribution in [2.24, 2.45) is 0 Å². The van der Waals surface area contributed by atoms with Gasteiger partial charge in [0, 0.05) is 17.8 Å². The van der Waals surface area contributed by atoms with Crippen molar-refractivity contribution in [1.29, 1.82) is 0 Å². The summed E-state index contributed by atoms with van der Waals surface area (Å²) in [4.78, 5) is 12.1. The molecule has 0 aliphatic carbocycles. The second-order valence-electron chi connectivity index (χ2n) is 5.71. The zero-order chi connectivity index (χ0) is 17.9. The molecule has 7 nitrogen and oxygen atoms in total. The summed E-state index contributed by atoms with van der Waals surface area (Å²) in [5.41, 5.74) is 0.419. The molecular formula is C15H21ClN2O5S. The van der Waals surface area contributed by atoms with Crippen LogP contribution in [0.1, 0.15) is 19.8 Å². The Morgan fingerprint density at radius 3 is 2.54 bits per heavy atom. The van der Waals surface area contributed by atoms with E-state index in [1.165, 1.54) is 20.3 Å². The number of hydrogen-bond acceptors (Lipinski definition) is 5. The Kier molecular flexibility index (Phi) is 5.82. The molecule has 1 aliphatic heterocycles. The molecule has 2 unspecified atom stereocenters. The standard InChI is InChI=1S/C15H21ClN2O5S/c1-9-4-5-10(8-24(9,20)21)17-15(19)18-11-6-12(16)14(23-3)13(7-11)22-2/h6-7,9-10H,4-5,8H2,1-3H3,(H2,17,18,19). The van der Waals surface area contributed by atoms with E-state index in [1.54, 1.807) is 13.0 Å². The van der Waals surface area contributed by atoms with E-state index in [1.807, 2.05) is 0 Å². The number of rotatable bonds is 4. The van der Waals surface area contributed by atoms with E-state index >= 15 is 0 Å². The van der Waals surface area contributed by atoms with Crippen LogP contribution in [0.5, 0.6) is 11.5 Å². The topological polar surface area (TPSA) is 93.7 Å². The Bertz CT molecular complexity index is 723. The number of halogens is 1. The molecule has 1 fully saturated rings. The normalized spacial score (nSPS) is 22.5. The lowest BCUT2D eigenvalue weighted by molar-refractivity contribution is 0.248. The molecule has 0 spiro atoms. The molecule has 2 N–H and O–H groups in total. The Hall–Kier alpha value is -1.67. The van der Waals surface area contributed by atoms with Gasteiger partial charge in [-0.05, 0) is 25.8 Å². The van der Waals surface area contributed by atoms with Crippen LogP contribution in [-0.2, 0) is 9.84 Å². The van der Waals surface area contributed by atoms with Crippen LogP contribution < -0.4 is 20.1 Å². The molecule has 1 aromatic carbocycles. The van der Waals surface area contributed by atoms with Crippen LogP contribution in [-0.4, -0.2) is 45.7 Å². The molecule has 0 radical (unpaired) electrons. The molecule has 1 aromatic rings. The van der Waals surface area contributed by atoms with Crippen LogP contribution in [0, 0.1) is 0 Å². The minimum Gasteiger partial charge on any atom is -0.493 e. The lowest BCUT2D eigenvalue weighted by Gasteiger charge is -2.27. The van der Waals surface area contributed by atoms with E-state index in [2.05, 4.69) is 10.6 Å². The Morgan fingerprint density at radius 2 is 1.96 bits per heavy atom. The Balaban J connectivity index is 2.04. The fourth-order valence-electron chi connectivity index (χ4n) is 2.60. The van der Waals surface area contributed by atoms with E-state index in [-0.39, 0.29) is 11.0 Å². The average molecular weight is 377 g/mol. The van der Waals surface area contributed by atoms with Crippen LogP contribution in [0.15, 0.2) is 12.1 Å². The number of amides is 2. The molecule has 2 rings (SSSR count). The molecule has 0 aromatic heterocycles. The quantitative estimate of drug-likeness (QED) is 0.841. The highest BCUT2D eigenvalue weighted by Gasteiger charge is 2.31. The number of carbonyl (C=O) groups excluding carboxylic acids is 1. The number of urea groups is 1. The largest absolute Gasteiger partial charge is 0.493 e.